The Bertz CT molecular complexity index is 13.2. The lowest BCUT2D eigenvalue weighted by atomic mass is 11.3. The average molecular weight is 138 g/mol. The molecule has 0 saturated heterocycles. The number of rotatable bonds is 0. The standard InChI is InChI=1S/3C2H4.ClH.H3N/c3*1-2;;/h3*1-2H2;1H;1H3. The molecule has 0 amide bonds. The van der Waals surface area contributed by atoms with Gasteiger partial charge in [-0.3, -0.25) is 0 Å². The summed E-state index contributed by atoms with van der Waals surface area (Å²) in [5.41, 5.74) is 0. The summed E-state index contributed by atoms with van der Waals surface area (Å²) in [5, 5.41) is 0. The Hall–Kier alpha value is -0.530. The highest BCUT2D eigenvalue weighted by atomic mass is 35.5. The first-order valence-corrected chi connectivity index (χ1v) is 1.50. The fourth-order valence-corrected chi connectivity index (χ4v) is 0. The maximum absolute atomic E-state index is 3.00. The third-order valence-electron chi connectivity index (χ3n) is 0. The molecule has 0 aliphatic rings. The van der Waals surface area contributed by atoms with Gasteiger partial charge in [-0.1, -0.05) is 0 Å². The zero-order chi connectivity index (χ0) is 6.00. The number of hydrogen-bond acceptors (Lipinski definition) is 1. The van der Waals surface area contributed by atoms with E-state index in [0.717, 1.165) is 0 Å². The van der Waals surface area contributed by atoms with Crippen LogP contribution in [-0.2, 0) is 0 Å². The van der Waals surface area contributed by atoms with Crippen LogP contribution in [0.25, 0.3) is 0 Å². The highest BCUT2D eigenvalue weighted by Gasteiger charge is 0.605. The van der Waals surface area contributed by atoms with Crippen molar-refractivity contribution in [1.82, 2.24) is 6.15 Å². The van der Waals surface area contributed by atoms with Gasteiger partial charge in [-0.05, 0) is 0 Å². The van der Waals surface area contributed by atoms with Gasteiger partial charge in [-0.2, -0.15) is 0 Å². The van der Waals surface area contributed by atoms with Crippen LogP contribution in [0.5, 0.6) is 0 Å². The van der Waals surface area contributed by atoms with Gasteiger partial charge < -0.3 is 6.15 Å². The maximum Gasteiger partial charge on any atom is -0.106 e. The molecule has 0 heterocycles. The minimum Gasteiger partial charge on any atom is -0.344 e. The van der Waals surface area contributed by atoms with Crippen molar-refractivity contribution in [2.75, 3.05) is 0 Å². The average Bonchev–Trinajstić information content (AvgIpc) is 1.81. The van der Waals surface area contributed by atoms with Gasteiger partial charge in [0.05, 0.1) is 0 Å². The van der Waals surface area contributed by atoms with Crippen LogP contribution in [0.3, 0.4) is 0 Å². The van der Waals surface area contributed by atoms with E-state index < -0.39 is 0 Å². The lowest BCUT2D eigenvalue weighted by Crippen LogP contribution is -0.552. The third-order valence-corrected chi connectivity index (χ3v) is 0. The molecule has 8 heavy (non-hydrogen) atoms. The molecule has 0 aliphatic heterocycles. The van der Waals surface area contributed by atoms with Crippen molar-refractivity contribution in [2.24, 2.45) is 0 Å². The largest absolute Gasteiger partial charge is 0.344 e. The predicted molar refractivity (Wildman–Crippen MR) is 46.0 cm³/mol. The molecule has 0 saturated carbocycles. The molecule has 2 heteroatoms. The molecule has 0 rings (SSSR count). The second kappa shape index (κ2) is 689. The van der Waals surface area contributed by atoms with E-state index in [1.165, 1.54) is 0 Å². The van der Waals surface area contributed by atoms with Crippen LogP contribution in [0.2, 0.25) is 0 Å². The maximum atomic E-state index is 3.00. The van der Waals surface area contributed by atoms with Gasteiger partial charge in [0.2, 0.25) is 0 Å². The predicted octanol–water partition coefficient (Wildman–Crippen LogP) is 2.99. The van der Waals surface area contributed by atoms with Crippen molar-refractivity contribution in [3.8, 4) is 0 Å². The summed E-state index contributed by atoms with van der Waals surface area (Å²) in [7, 11) is 0. The minimum absolute atomic E-state index is 0. The van der Waals surface area contributed by atoms with E-state index in [9.17, 15) is 0 Å². The summed E-state index contributed by atoms with van der Waals surface area (Å²) in [4.78, 5) is 0. The van der Waals surface area contributed by atoms with Crippen LogP contribution in [0.1, 0.15) is 0 Å². The molecule has 0 radical (unpaired) electrons. The van der Waals surface area contributed by atoms with Gasteiger partial charge in [0.25, 0.3) is 0 Å². The number of hydrogen-bond donors (Lipinski definition) is 1. The van der Waals surface area contributed by atoms with Crippen molar-refractivity contribution in [2.45, 2.75) is 0 Å². The second-order valence-electron chi connectivity index (χ2n) is 0. The molecule has 0 spiro atoms. The van der Waals surface area contributed by atoms with Crippen LogP contribution in [0.4, 0.5) is 0 Å². The Labute approximate surface area is 58.8 Å². The van der Waals surface area contributed by atoms with Crippen molar-refractivity contribution >= 4 is 12.4 Å². The Morgan fingerprint density at radius 2 is 0.500 bits per heavy atom. The lowest BCUT2D eigenvalue weighted by molar-refractivity contribution is 2.13. The molecule has 1 nitrogen and oxygen atoms in total. The van der Waals surface area contributed by atoms with E-state index in [4.69, 9.17) is 0 Å². The first-order chi connectivity index (χ1) is 3.00. The van der Waals surface area contributed by atoms with Gasteiger partial charge in [-0.15, -0.1) is 51.9 Å². The Kier molecular flexibility index (Phi) is 4420. The van der Waals surface area contributed by atoms with E-state index in [2.05, 4.69) is 39.5 Å². The summed E-state index contributed by atoms with van der Waals surface area (Å²) < 4.78 is 0. The van der Waals surface area contributed by atoms with Crippen molar-refractivity contribution in [3.05, 3.63) is 39.5 Å². The molecule has 3 N–H and O–H groups in total. The Morgan fingerprint density at radius 3 is 0.500 bits per heavy atom. The topological polar surface area (TPSA) is 35.0 Å². The second-order valence-corrected chi connectivity index (χ2v) is 0. The highest BCUT2D eigenvalue weighted by molar-refractivity contribution is 5.85. The van der Waals surface area contributed by atoms with Crippen LogP contribution in [0.15, 0.2) is 39.5 Å². The van der Waals surface area contributed by atoms with E-state index in [1.807, 2.05) is 0 Å². The lowest BCUT2D eigenvalue weighted by Gasteiger charge is -0.813. The monoisotopic (exact) mass is 137 g/mol. The molecule has 0 aliphatic carbocycles. The molecule has 0 unspecified atom stereocenters. The SMILES string of the molecule is C=C.C=C.C=C.Cl.N. The minimum atomic E-state index is 0. The van der Waals surface area contributed by atoms with E-state index >= 15 is 0 Å². The van der Waals surface area contributed by atoms with E-state index in [0.29, 0.717) is 0 Å². The zero-order valence-corrected chi connectivity index (χ0v) is 6.17. The molecule has 0 bridgehead atoms. The van der Waals surface area contributed by atoms with Crippen LogP contribution in [0, 0.1) is 0 Å². The van der Waals surface area contributed by atoms with Gasteiger partial charge in [0, 0.05) is 0 Å². The molecule has 0 aromatic rings. The Balaban J connectivity index is -0.00000000500. The molecular weight excluding hydrogens is 122 g/mol. The molecule has 0 aromatic heterocycles. The van der Waals surface area contributed by atoms with Crippen LogP contribution in [-0.4, -0.2) is 0 Å². The highest BCUT2D eigenvalue weighted by Crippen LogP contribution is 0.866. The van der Waals surface area contributed by atoms with E-state index in [-0.39, 0.29) is 18.6 Å². The quantitative estimate of drug-likeness (QED) is 0.512. The fraction of sp³-hybridized carbons (Fsp3) is 0. The van der Waals surface area contributed by atoms with Gasteiger partial charge >= 0.3 is 0 Å². The van der Waals surface area contributed by atoms with Gasteiger partial charge in [0.15, 0.2) is 0 Å². The molecule has 0 atom stereocenters. The van der Waals surface area contributed by atoms with Crippen LogP contribution < -0.4 is 6.15 Å². The summed E-state index contributed by atoms with van der Waals surface area (Å²) in [6.45, 7) is 18.0. The fourth-order valence-electron chi connectivity index (χ4n) is 0. The Morgan fingerprint density at radius 1 is 0.500 bits per heavy atom. The first kappa shape index (κ1) is 51.3. The summed E-state index contributed by atoms with van der Waals surface area (Å²) in [5.74, 6) is 0. The van der Waals surface area contributed by atoms with Crippen LogP contribution >= 0.6 is 12.4 Å². The summed E-state index contributed by atoms with van der Waals surface area (Å²) in [6.07, 6.45) is 0. The van der Waals surface area contributed by atoms with E-state index in [1.54, 1.807) is 0 Å². The molecule has 0 fully saturated rings. The first-order valence-electron chi connectivity index (χ1n) is 1.50. The van der Waals surface area contributed by atoms with Crippen molar-refractivity contribution in [1.29, 1.82) is 0 Å². The third kappa shape index (κ3) is 389. The molecule has 52 valence electrons. The smallest absolute Gasteiger partial charge is 0.106 e. The zero-order valence-electron chi connectivity index (χ0n) is 5.36. The summed E-state index contributed by atoms with van der Waals surface area (Å²) in [6, 6.07) is 0. The normalized spacial score (nSPS) is 1.50. The van der Waals surface area contributed by atoms with Crippen molar-refractivity contribution in [3.63, 3.8) is 0 Å². The van der Waals surface area contributed by atoms with Gasteiger partial charge in [-0.25, -0.2) is 0 Å². The van der Waals surface area contributed by atoms with Crippen molar-refractivity contribution < 1.29 is 0 Å². The molecular formula is C6H16ClN. The molecule has 0 aromatic carbocycles. The number of halogens is 1. The summed E-state index contributed by atoms with van der Waals surface area (Å²) >= 11 is 0. The van der Waals surface area contributed by atoms with Gasteiger partial charge in [0.1, 0.15) is 0 Å².